The topological polar surface area (TPSA) is 21.3 Å². The van der Waals surface area contributed by atoms with E-state index in [0.717, 1.165) is 10.9 Å². The minimum atomic E-state index is -0.330. The molecule has 0 aromatic heterocycles. The predicted molar refractivity (Wildman–Crippen MR) is 71.9 cm³/mol. The van der Waals surface area contributed by atoms with E-state index in [1.807, 2.05) is 6.92 Å². The SMILES string of the molecule is CCC(C)NCC(C)Oc1cc(Br)ccc1F. The van der Waals surface area contributed by atoms with E-state index in [1.54, 1.807) is 12.1 Å². The first kappa shape index (κ1) is 14.5. The van der Waals surface area contributed by atoms with E-state index in [0.29, 0.717) is 12.6 Å². The lowest BCUT2D eigenvalue weighted by Gasteiger charge is -2.18. The lowest BCUT2D eigenvalue weighted by Crippen LogP contribution is -2.34. The average Bonchev–Trinajstić information content (AvgIpc) is 2.30. The molecule has 17 heavy (non-hydrogen) atoms. The van der Waals surface area contributed by atoms with Crippen LogP contribution < -0.4 is 10.1 Å². The summed E-state index contributed by atoms with van der Waals surface area (Å²) in [4.78, 5) is 0. The molecular weight excluding hydrogens is 285 g/mol. The molecule has 0 aliphatic rings. The molecule has 2 nitrogen and oxygen atoms in total. The summed E-state index contributed by atoms with van der Waals surface area (Å²) >= 11 is 3.30. The molecule has 0 aliphatic heterocycles. The first-order valence-electron chi connectivity index (χ1n) is 5.88. The molecule has 2 atom stereocenters. The second-order valence-electron chi connectivity index (χ2n) is 4.22. The van der Waals surface area contributed by atoms with Gasteiger partial charge in [-0.3, -0.25) is 0 Å². The van der Waals surface area contributed by atoms with Crippen LogP contribution in [0.25, 0.3) is 0 Å². The smallest absolute Gasteiger partial charge is 0.165 e. The molecule has 0 bridgehead atoms. The van der Waals surface area contributed by atoms with Crippen molar-refractivity contribution in [2.45, 2.75) is 39.3 Å². The van der Waals surface area contributed by atoms with Gasteiger partial charge in [0.2, 0.25) is 0 Å². The Hall–Kier alpha value is -0.610. The predicted octanol–water partition coefficient (Wildman–Crippen LogP) is 3.74. The Bertz CT molecular complexity index is 359. The van der Waals surface area contributed by atoms with Crippen molar-refractivity contribution in [2.75, 3.05) is 6.54 Å². The summed E-state index contributed by atoms with van der Waals surface area (Å²) in [5.41, 5.74) is 0. The highest BCUT2D eigenvalue weighted by molar-refractivity contribution is 9.10. The summed E-state index contributed by atoms with van der Waals surface area (Å²) < 4.78 is 19.8. The van der Waals surface area contributed by atoms with E-state index < -0.39 is 0 Å². The van der Waals surface area contributed by atoms with Gasteiger partial charge < -0.3 is 10.1 Å². The van der Waals surface area contributed by atoms with Crippen LogP contribution in [-0.4, -0.2) is 18.7 Å². The van der Waals surface area contributed by atoms with Crippen LogP contribution in [0.4, 0.5) is 4.39 Å². The van der Waals surface area contributed by atoms with Crippen molar-refractivity contribution < 1.29 is 9.13 Å². The fourth-order valence-corrected chi connectivity index (χ4v) is 1.68. The number of ether oxygens (including phenoxy) is 1. The van der Waals surface area contributed by atoms with E-state index in [4.69, 9.17) is 4.74 Å². The minimum Gasteiger partial charge on any atom is -0.486 e. The zero-order valence-electron chi connectivity index (χ0n) is 10.5. The average molecular weight is 304 g/mol. The lowest BCUT2D eigenvalue weighted by atomic mass is 10.2. The Morgan fingerprint density at radius 3 is 2.76 bits per heavy atom. The fourth-order valence-electron chi connectivity index (χ4n) is 1.34. The summed E-state index contributed by atoms with van der Waals surface area (Å²) in [6.07, 6.45) is 1.01. The molecule has 1 aromatic rings. The Labute approximate surface area is 111 Å². The monoisotopic (exact) mass is 303 g/mol. The van der Waals surface area contributed by atoms with Gasteiger partial charge in [0.1, 0.15) is 6.10 Å². The molecule has 0 saturated carbocycles. The van der Waals surface area contributed by atoms with Gasteiger partial charge in [-0.25, -0.2) is 4.39 Å². The molecule has 0 amide bonds. The molecule has 1 rings (SSSR count). The maximum atomic E-state index is 13.4. The van der Waals surface area contributed by atoms with Crippen LogP contribution >= 0.6 is 15.9 Å². The van der Waals surface area contributed by atoms with Gasteiger partial charge in [0.15, 0.2) is 11.6 Å². The molecule has 0 heterocycles. The maximum absolute atomic E-state index is 13.4. The van der Waals surface area contributed by atoms with E-state index in [2.05, 4.69) is 35.1 Å². The Morgan fingerprint density at radius 2 is 2.12 bits per heavy atom. The van der Waals surface area contributed by atoms with Crippen molar-refractivity contribution in [3.63, 3.8) is 0 Å². The fraction of sp³-hybridized carbons (Fsp3) is 0.538. The molecule has 0 aliphatic carbocycles. The van der Waals surface area contributed by atoms with Gasteiger partial charge >= 0.3 is 0 Å². The van der Waals surface area contributed by atoms with Crippen molar-refractivity contribution in [1.82, 2.24) is 5.32 Å². The van der Waals surface area contributed by atoms with E-state index >= 15 is 0 Å². The van der Waals surface area contributed by atoms with E-state index in [-0.39, 0.29) is 17.7 Å². The molecule has 0 spiro atoms. The minimum absolute atomic E-state index is 0.0622. The van der Waals surface area contributed by atoms with Crippen LogP contribution in [0.5, 0.6) is 5.75 Å². The quantitative estimate of drug-likeness (QED) is 0.864. The number of halogens is 2. The van der Waals surface area contributed by atoms with Crippen LogP contribution in [0, 0.1) is 5.82 Å². The summed E-state index contributed by atoms with van der Waals surface area (Å²) in [5.74, 6) is -0.0404. The molecule has 96 valence electrons. The highest BCUT2D eigenvalue weighted by Crippen LogP contribution is 2.23. The summed E-state index contributed by atoms with van der Waals surface area (Å²) in [6, 6.07) is 5.15. The maximum Gasteiger partial charge on any atom is 0.165 e. The third-order valence-electron chi connectivity index (χ3n) is 2.59. The van der Waals surface area contributed by atoms with Gasteiger partial charge in [0.05, 0.1) is 0 Å². The zero-order chi connectivity index (χ0) is 12.8. The van der Waals surface area contributed by atoms with Crippen LogP contribution in [0.3, 0.4) is 0 Å². The van der Waals surface area contributed by atoms with E-state index in [9.17, 15) is 4.39 Å². The molecule has 1 N–H and O–H groups in total. The molecule has 4 heteroatoms. The number of hydrogen-bond acceptors (Lipinski definition) is 2. The molecule has 1 aromatic carbocycles. The van der Waals surface area contributed by atoms with Gasteiger partial charge in [-0.15, -0.1) is 0 Å². The number of rotatable bonds is 6. The zero-order valence-corrected chi connectivity index (χ0v) is 12.1. The summed E-state index contributed by atoms with van der Waals surface area (Å²) in [7, 11) is 0. The van der Waals surface area contributed by atoms with Gasteiger partial charge in [0, 0.05) is 17.1 Å². The third kappa shape index (κ3) is 5.04. The van der Waals surface area contributed by atoms with Crippen molar-refractivity contribution >= 4 is 15.9 Å². The highest BCUT2D eigenvalue weighted by atomic mass is 79.9. The number of nitrogens with one attached hydrogen (secondary N) is 1. The Kier molecular flexibility index (Phi) is 5.92. The molecule has 0 fully saturated rings. The van der Waals surface area contributed by atoms with Crippen molar-refractivity contribution in [3.05, 3.63) is 28.5 Å². The van der Waals surface area contributed by atoms with Crippen molar-refractivity contribution in [3.8, 4) is 5.75 Å². The Balaban J connectivity index is 2.50. The molecule has 0 radical (unpaired) electrons. The number of benzene rings is 1. The highest BCUT2D eigenvalue weighted by Gasteiger charge is 2.09. The standard InChI is InChI=1S/C13H19BrFNO/c1-4-9(2)16-8-10(3)17-13-7-11(14)5-6-12(13)15/h5-7,9-10,16H,4,8H2,1-3H3. The second-order valence-corrected chi connectivity index (χ2v) is 5.14. The van der Waals surface area contributed by atoms with Crippen LogP contribution in [0.1, 0.15) is 27.2 Å². The summed E-state index contributed by atoms with van der Waals surface area (Å²) in [5, 5.41) is 3.33. The molecular formula is C13H19BrFNO. The van der Waals surface area contributed by atoms with Gasteiger partial charge in [-0.1, -0.05) is 22.9 Å². The summed E-state index contributed by atoms with van der Waals surface area (Å²) in [6.45, 7) is 6.88. The van der Waals surface area contributed by atoms with Crippen LogP contribution in [-0.2, 0) is 0 Å². The van der Waals surface area contributed by atoms with Gasteiger partial charge in [-0.2, -0.15) is 0 Å². The van der Waals surface area contributed by atoms with Gasteiger partial charge in [-0.05, 0) is 38.5 Å². The first-order chi connectivity index (χ1) is 8.02. The van der Waals surface area contributed by atoms with Crippen molar-refractivity contribution in [2.24, 2.45) is 0 Å². The molecule has 2 unspecified atom stereocenters. The van der Waals surface area contributed by atoms with Gasteiger partial charge in [0.25, 0.3) is 0 Å². The Morgan fingerprint density at radius 1 is 1.41 bits per heavy atom. The first-order valence-corrected chi connectivity index (χ1v) is 6.67. The molecule has 0 saturated heterocycles. The normalized spacial score (nSPS) is 14.4. The largest absolute Gasteiger partial charge is 0.486 e. The second kappa shape index (κ2) is 6.97. The van der Waals surface area contributed by atoms with Crippen molar-refractivity contribution in [1.29, 1.82) is 0 Å². The van der Waals surface area contributed by atoms with E-state index in [1.165, 1.54) is 6.07 Å². The lowest BCUT2D eigenvalue weighted by molar-refractivity contribution is 0.203. The third-order valence-corrected chi connectivity index (χ3v) is 3.08. The number of hydrogen-bond donors (Lipinski definition) is 1. The van der Waals surface area contributed by atoms with Crippen LogP contribution in [0.15, 0.2) is 22.7 Å². The van der Waals surface area contributed by atoms with Crippen LogP contribution in [0.2, 0.25) is 0 Å².